The molecule has 2 aromatic rings. The van der Waals surface area contributed by atoms with Crippen molar-refractivity contribution in [2.75, 3.05) is 25.5 Å². The van der Waals surface area contributed by atoms with E-state index in [1.807, 2.05) is 18.2 Å². The first kappa shape index (κ1) is 20.8. The maximum absolute atomic E-state index is 12.6. The second-order valence-electron chi connectivity index (χ2n) is 6.47. The summed E-state index contributed by atoms with van der Waals surface area (Å²) in [5.41, 5.74) is 0.643. The van der Waals surface area contributed by atoms with Gasteiger partial charge in [0.25, 0.3) is 5.91 Å². The minimum Gasteiger partial charge on any atom is -0.494 e. The largest absolute Gasteiger partial charge is 0.494 e. The second-order valence-corrected chi connectivity index (χ2v) is 8.35. The third-order valence-corrected chi connectivity index (χ3v) is 5.77. The van der Waals surface area contributed by atoms with Crippen molar-refractivity contribution >= 4 is 22.0 Å². The second kappa shape index (κ2) is 9.53. The zero-order chi connectivity index (χ0) is 20.7. The number of amides is 2. The third kappa shape index (κ3) is 6.03. The maximum Gasteiger partial charge on any atom is 0.417 e. The maximum atomic E-state index is 12.6. The van der Waals surface area contributed by atoms with Gasteiger partial charge < -0.3 is 9.47 Å². The standard InChI is InChI=1S/C20H22N2O6S/c23-19-15-28-20(24)22(19)14-18(16-8-3-1-4-9-16)21-29(25,26)13-7-12-27-17-10-5-2-6-11-17/h1-6,8-11,18,21H,7,12-15H2. The number of nitrogens with one attached hydrogen (secondary N) is 1. The van der Waals surface area contributed by atoms with E-state index in [1.165, 1.54) is 0 Å². The average molecular weight is 418 g/mol. The Morgan fingerprint density at radius 2 is 1.69 bits per heavy atom. The molecule has 8 nitrogen and oxygen atoms in total. The Hall–Kier alpha value is -2.91. The van der Waals surface area contributed by atoms with Crippen LogP contribution in [0.2, 0.25) is 0 Å². The first-order valence-electron chi connectivity index (χ1n) is 9.14. The molecule has 0 aliphatic carbocycles. The lowest BCUT2D eigenvalue weighted by molar-refractivity contribution is -0.126. The summed E-state index contributed by atoms with van der Waals surface area (Å²) in [5, 5.41) is 0. The van der Waals surface area contributed by atoms with E-state index >= 15 is 0 Å². The van der Waals surface area contributed by atoms with Crippen LogP contribution in [0.1, 0.15) is 18.0 Å². The predicted octanol–water partition coefficient (Wildman–Crippen LogP) is 2.09. The summed E-state index contributed by atoms with van der Waals surface area (Å²) in [5.74, 6) is 0.0270. The molecule has 1 saturated heterocycles. The lowest BCUT2D eigenvalue weighted by atomic mass is 10.1. The van der Waals surface area contributed by atoms with Gasteiger partial charge in [-0.3, -0.25) is 4.79 Å². The van der Waals surface area contributed by atoms with Gasteiger partial charge in [-0.15, -0.1) is 0 Å². The molecule has 0 bridgehead atoms. The SMILES string of the molecule is O=C1COC(=O)N1CC(NS(=O)(=O)CCCOc1ccccc1)c1ccccc1. The molecule has 2 amide bonds. The van der Waals surface area contributed by atoms with Crippen molar-refractivity contribution in [3.05, 3.63) is 66.2 Å². The minimum absolute atomic E-state index is 0.137. The molecule has 0 saturated carbocycles. The van der Waals surface area contributed by atoms with Gasteiger partial charge in [-0.05, 0) is 24.1 Å². The van der Waals surface area contributed by atoms with E-state index in [1.54, 1.807) is 42.5 Å². The van der Waals surface area contributed by atoms with E-state index in [4.69, 9.17) is 9.47 Å². The normalized spacial score (nSPS) is 15.2. The van der Waals surface area contributed by atoms with Gasteiger partial charge in [0, 0.05) is 0 Å². The smallest absolute Gasteiger partial charge is 0.417 e. The first-order chi connectivity index (χ1) is 13.9. The zero-order valence-corrected chi connectivity index (χ0v) is 16.5. The highest BCUT2D eigenvalue weighted by molar-refractivity contribution is 7.89. The molecular weight excluding hydrogens is 396 g/mol. The molecule has 0 spiro atoms. The fraction of sp³-hybridized carbons (Fsp3) is 0.300. The minimum atomic E-state index is -3.68. The fourth-order valence-corrected chi connectivity index (χ4v) is 4.13. The molecule has 9 heteroatoms. The molecule has 29 heavy (non-hydrogen) atoms. The van der Waals surface area contributed by atoms with Crippen molar-refractivity contribution in [2.45, 2.75) is 12.5 Å². The molecule has 2 aromatic carbocycles. The molecule has 1 fully saturated rings. The Bertz CT molecular complexity index is 918. The number of sulfonamides is 1. The van der Waals surface area contributed by atoms with Crippen LogP contribution in [0.15, 0.2) is 60.7 Å². The summed E-state index contributed by atoms with van der Waals surface area (Å²) in [6.07, 6.45) is -0.484. The van der Waals surface area contributed by atoms with E-state index in [-0.39, 0.29) is 31.9 Å². The summed E-state index contributed by atoms with van der Waals surface area (Å²) < 4.78 is 38.0. The lowest BCUT2D eigenvalue weighted by Crippen LogP contribution is -2.41. The molecule has 1 unspecified atom stereocenters. The van der Waals surface area contributed by atoms with Gasteiger partial charge in [0.05, 0.1) is 24.9 Å². The summed E-state index contributed by atoms with van der Waals surface area (Å²) in [6, 6.07) is 17.1. The number of benzene rings is 2. The number of carbonyl (C=O) groups is 2. The van der Waals surface area contributed by atoms with E-state index in [0.717, 1.165) is 4.90 Å². The molecular formula is C20H22N2O6S. The number of carbonyl (C=O) groups excluding carboxylic acids is 2. The number of hydrogen-bond donors (Lipinski definition) is 1. The van der Waals surface area contributed by atoms with Crippen molar-refractivity contribution in [3.63, 3.8) is 0 Å². The molecule has 154 valence electrons. The van der Waals surface area contributed by atoms with E-state index in [0.29, 0.717) is 11.3 Å². The number of rotatable bonds is 10. The molecule has 1 atom stereocenters. The third-order valence-electron chi connectivity index (χ3n) is 4.30. The van der Waals surface area contributed by atoms with Crippen LogP contribution in [-0.4, -0.2) is 50.8 Å². The zero-order valence-electron chi connectivity index (χ0n) is 15.7. The van der Waals surface area contributed by atoms with Crippen LogP contribution in [0.3, 0.4) is 0 Å². The monoisotopic (exact) mass is 418 g/mol. The number of cyclic esters (lactones) is 1. The lowest BCUT2D eigenvalue weighted by Gasteiger charge is -2.22. The van der Waals surface area contributed by atoms with Crippen LogP contribution < -0.4 is 9.46 Å². The Balaban J connectivity index is 1.61. The quantitative estimate of drug-likeness (QED) is 0.593. The van der Waals surface area contributed by atoms with E-state index < -0.39 is 28.1 Å². The van der Waals surface area contributed by atoms with Crippen LogP contribution >= 0.6 is 0 Å². The van der Waals surface area contributed by atoms with Crippen molar-refractivity contribution in [1.82, 2.24) is 9.62 Å². The number of para-hydroxylation sites is 1. The number of hydrogen-bond acceptors (Lipinski definition) is 6. The number of imide groups is 1. The molecule has 1 heterocycles. The van der Waals surface area contributed by atoms with Crippen LogP contribution in [0, 0.1) is 0 Å². The van der Waals surface area contributed by atoms with Gasteiger partial charge in [-0.1, -0.05) is 48.5 Å². The predicted molar refractivity (Wildman–Crippen MR) is 106 cm³/mol. The Labute approximate surface area is 169 Å². The topological polar surface area (TPSA) is 102 Å². The van der Waals surface area contributed by atoms with Gasteiger partial charge in [-0.25, -0.2) is 22.8 Å². The Morgan fingerprint density at radius 3 is 2.31 bits per heavy atom. The first-order valence-corrected chi connectivity index (χ1v) is 10.8. The molecule has 0 aromatic heterocycles. The van der Waals surface area contributed by atoms with Crippen molar-refractivity contribution < 1.29 is 27.5 Å². The van der Waals surface area contributed by atoms with Crippen LogP contribution in [0.25, 0.3) is 0 Å². The van der Waals surface area contributed by atoms with E-state index in [9.17, 15) is 18.0 Å². The summed E-state index contributed by atoms with van der Waals surface area (Å²) in [7, 11) is -3.68. The van der Waals surface area contributed by atoms with Gasteiger partial charge >= 0.3 is 6.09 Å². The highest BCUT2D eigenvalue weighted by Crippen LogP contribution is 2.18. The van der Waals surface area contributed by atoms with Crippen LogP contribution in [0.4, 0.5) is 4.79 Å². The highest BCUT2D eigenvalue weighted by Gasteiger charge is 2.34. The molecule has 1 aliphatic rings. The summed E-state index contributed by atoms with van der Waals surface area (Å²) in [6.45, 7) is -0.219. The molecule has 0 radical (unpaired) electrons. The van der Waals surface area contributed by atoms with Gasteiger partial charge in [-0.2, -0.15) is 0 Å². The summed E-state index contributed by atoms with van der Waals surface area (Å²) >= 11 is 0. The van der Waals surface area contributed by atoms with Crippen LogP contribution in [0.5, 0.6) is 5.75 Å². The van der Waals surface area contributed by atoms with E-state index in [2.05, 4.69) is 4.72 Å². The van der Waals surface area contributed by atoms with Gasteiger partial charge in [0.15, 0.2) is 6.61 Å². The van der Waals surface area contributed by atoms with Crippen molar-refractivity contribution in [3.8, 4) is 5.75 Å². The molecule has 3 rings (SSSR count). The Kier molecular flexibility index (Phi) is 6.84. The Morgan fingerprint density at radius 1 is 1.03 bits per heavy atom. The van der Waals surface area contributed by atoms with Crippen molar-refractivity contribution in [1.29, 1.82) is 0 Å². The highest BCUT2D eigenvalue weighted by atomic mass is 32.2. The molecule has 1 N–H and O–H groups in total. The van der Waals surface area contributed by atoms with Crippen LogP contribution in [-0.2, 0) is 19.6 Å². The average Bonchev–Trinajstić information content (AvgIpc) is 3.04. The fourth-order valence-electron chi connectivity index (χ4n) is 2.87. The van der Waals surface area contributed by atoms with Gasteiger partial charge in [0.1, 0.15) is 5.75 Å². The van der Waals surface area contributed by atoms with Crippen molar-refractivity contribution in [2.24, 2.45) is 0 Å². The number of nitrogens with zero attached hydrogens (tertiary/aromatic N) is 1. The summed E-state index contributed by atoms with van der Waals surface area (Å²) in [4.78, 5) is 24.5. The van der Waals surface area contributed by atoms with Gasteiger partial charge in [0.2, 0.25) is 10.0 Å². The number of ether oxygens (including phenoxy) is 2. The molecule has 1 aliphatic heterocycles.